The molecular formula is C29H30FN5O6S2. The number of urea groups is 1. The molecule has 0 aliphatic heterocycles. The lowest BCUT2D eigenvalue weighted by atomic mass is 10.2. The Morgan fingerprint density at radius 2 is 1.93 bits per heavy atom. The molecule has 0 spiro atoms. The Morgan fingerprint density at radius 1 is 1.12 bits per heavy atom. The van der Waals surface area contributed by atoms with E-state index in [0.29, 0.717) is 27.3 Å². The van der Waals surface area contributed by atoms with Gasteiger partial charge in [0.15, 0.2) is 21.4 Å². The van der Waals surface area contributed by atoms with E-state index in [1.165, 1.54) is 35.5 Å². The van der Waals surface area contributed by atoms with Gasteiger partial charge in [0.1, 0.15) is 11.5 Å². The first kappa shape index (κ1) is 30.3. The predicted molar refractivity (Wildman–Crippen MR) is 162 cm³/mol. The monoisotopic (exact) mass is 627 g/mol. The van der Waals surface area contributed by atoms with Gasteiger partial charge in [0, 0.05) is 62.7 Å². The van der Waals surface area contributed by atoms with Crippen LogP contribution < -0.4 is 15.4 Å². The fourth-order valence-corrected chi connectivity index (χ4v) is 5.85. The zero-order valence-corrected chi connectivity index (χ0v) is 25.1. The van der Waals surface area contributed by atoms with Crippen LogP contribution in [0.25, 0.3) is 20.8 Å². The van der Waals surface area contributed by atoms with Crippen LogP contribution in [0, 0.1) is 5.82 Å². The molecule has 0 atom stereocenters. The lowest BCUT2D eigenvalue weighted by Gasteiger charge is -2.22. The van der Waals surface area contributed by atoms with E-state index in [0.717, 1.165) is 29.5 Å². The summed E-state index contributed by atoms with van der Waals surface area (Å²) in [5, 5.41) is 5.41. The molecule has 0 unspecified atom stereocenters. The van der Waals surface area contributed by atoms with Crippen molar-refractivity contribution in [1.29, 1.82) is 0 Å². The molecular weight excluding hydrogens is 597 g/mol. The molecule has 43 heavy (non-hydrogen) atoms. The maximum absolute atomic E-state index is 14.9. The highest BCUT2D eigenvalue weighted by molar-refractivity contribution is 7.91. The van der Waals surface area contributed by atoms with Crippen LogP contribution in [0.3, 0.4) is 0 Å². The topological polar surface area (TPSA) is 140 Å². The van der Waals surface area contributed by atoms with E-state index < -0.39 is 27.3 Å². The number of nitrogens with zero attached hydrogens (tertiary/aromatic N) is 3. The van der Waals surface area contributed by atoms with Gasteiger partial charge in [0.2, 0.25) is 5.91 Å². The van der Waals surface area contributed by atoms with Crippen molar-refractivity contribution in [2.75, 3.05) is 37.6 Å². The van der Waals surface area contributed by atoms with E-state index >= 15 is 0 Å². The average Bonchev–Trinajstić information content (AvgIpc) is 3.65. The summed E-state index contributed by atoms with van der Waals surface area (Å²) in [4.78, 5) is 35.7. The molecule has 0 bridgehead atoms. The minimum absolute atomic E-state index is 0.00141. The molecule has 0 radical (unpaired) electrons. The number of benzene rings is 1. The van der Waals surface area contributed by atoms with Crippen molar-refractivity contribution in [3.05, 3.63) is 66.2 Å². The minimum Gasteiger partial charge on any atom is -0.453 e. The van der Waals surface area contributed by atoms with Crippen LogP contribution in [-0.2, 0) is 25.9 Å². The number of nitrogens with one attached hydrogen (secondary N) is 2. The molecule has 3 heterocycles. The Labute approximate surface area is 252 Å². The third-order valence-corrected chi connectivity index (χ3v) is 8.39. The second-order valence-electron chi connectivity index (χ2n) is 10.2. The van der Waals surface area contributed by atoms with Gasteiger partial charge in [-0.1, -0.05) is 6.07 Å². The molecule has 1 aliphatic rings. The molecule has 226 valence electrons. The van der Waals surface area contributed by atoms with Gasteiger partial charge in [-0.3, -0.25) is 14.8 Å². The highest BCUT2D eigenvalue weighted by Gasteiger charge is 2.23. The molecule has 14 heteroatoms. The van der Waals surface area contributed by atoms with E-state index in [-0.39, 0.29) is 37.5 Å². The molecule has 3 aromatic heterocycles. The maximum Gasteiger partial charge on any atom is 0.319 e. The number of rotatable bonds is 12. The number of hydrogen-bond donors (Lipinski definition) is 2. The third kappa shape index (κ3) is 8.24. The average molecular weight is 628 g/mol. The first-order valence-electron chi connectivity index (χ1n) is 13.4. The summed E-state index contributed by atoms with van der Waals surface area (Å²) in [5.74, 6) is -1.29. The number of carbonyl (C=O) groups excluding carboxylic acids is 2. The molecule has 0 saturated heterocycles. The number of thiophene rings is 1. The van der Waals surface area contributed by atoms with Crippen molar-refractivity contribution in [2.24, 2.45) is 0 Å². The highest BCUT2D eigenvalue weighted by atomic mass is 32.2. The van der Waals surface area contributed by atoms with Gasteiger partial charge in [0.05, 0.1) is 27.4 Å². The van der Waals surface area contributed by atoms with Crippen LogP contribution in [0.5, 0.6) is 11.5 Å². The van der Waals surface area contributed by atoms with Gasteiger partial charge >= 0.3 is 6.03 Å². The lowest BCUT2D eigenvalue weighted by Crippen LogP contribution is -2.37. The number of sulfone groups is 1. The Balaban J connectivity index is 1.29. The molecule has 3 amide bonds. The van der Waals surface area contributed by atoms with Gasteiger partial charge in [0.25, 0.3) is 0 Å². The summed E-state index contributed by atoms with van der Waals surface area (Å²) in [7, 11) is -1.97. The SMILES string of the molecule is COCCN(Cc1ccc(-c2cc3nccc(Oc4ccc(NC(=O)NC5CC5)cc4F)c3s2)nc1)C(=O)CS(C)(=O)=O. The number of hydrogen-bond acceptors (Lipinski definition) is 9. The van der Waals surface area contributed by atoms with E-state index in [4.69, 9.17) is 9.47 Å². The van der Waals surface area contributed by atoms with Gasteiger partial charge < -0.3 is 25.0 Å². The molecule has 1 fully saturated rings. The largest absolute Gasteiger partial charge is 0.453 e. The van der Waals surface area contributed by atoms with Crippen molar-refractivity contribution in [2.45, 2.75) is 25.4 Å². The Bertz CT molecular complexity index is 1740. The summed E-state index contributed by atoms with van der Waals surface area (Å²) in [6.45, 7) is 0.692. The summed E-state index contributed by atoms with van der Waals surface area (Å²) in [6, 6.07) is 11.2. The van der Waals surface area contributed by atoms with Crippen LogP contribution in [-0.4, -0.2) is 73.5 Å². The number of methoxy groups -OCH3 is 1. The summed E-state index contributed by atoms with van der Waals surface area (Å²) < 4.78 is 49.8. The zero-order chi connectivity index (χ0) is 30.6. The molecule has 5 rings (SSSR count). The second kappa shape index (κ2) is 13.0. The minimum atomic E-state index is -3.48. The molecule has 1 aromatic carbocycles. The van der Waals surface area contributed by atoms with Crippen molar-refractivity contribution < 1.29 is 31.9 Å². The standard InChI is InChI=1S/C29H30FN5O6S2/c1-40-12-11-35(27(36)17-43(2,38)39)16-18-3-7-22(32-15-18)26-14-23-28(42-26)25(9-10-31-23)41-24-8-6-20(13-21(24)30)34-29(37)33-19-4-5-19/h3,6-10,13-15,19H,4-5,11-12,16-17H2,1-2H3,(H2,33,34,37). The summed E-state index contributed by atoms with van der Waals surface area (Å²) in [6.07, 6.45) is 6.13. The second-order valence-corrected chi connectivity index (χ2v) is 13.4. The molecule has 4 aromatic rings. The number of carbonyl (C=O) groups is 2. The van der Waals surface area contributed by atoms with Crippen molar-refractivity contribution in [1.82, 2.24) is 20.2 Å². The van der Waals surface area contributed by atoms with Crippen molar-refractivity contribution in [3.63, 3.8) is 0 Å². The van der Waals surface area contributed by atoms with E-state index in [2.05, 4.69) is 20.6 Å². The van der Waals surface area contributed by atoms with E-state index in [9.17, 15) is 22.4 Å². The number of aromatic nitrogens is 2. The van der Waals surface area contributed by atoms with Crippen LogP contribution in [0.1, 0.15) is 18.4 Å². The maximum atomic E-state index is 14.9. The first-order valence-corrected chi connectivity index (χ1v) is 16.3. The van der Waals surface area contributed by atoms with Crippen LogP contribution in [0.2, 0.25) is 0 Å². The number of amides is 3. The van der Waals surface area contributed by atoms with Crippen molar-refractivity contribution in [3.8, 4) is 22.1 Å². The normalized spacial score (nSPS) is 13.1. The molecule has 1 aliphatic carbocycles. The Hall–Kier alpha value is -4.14. The smallest absolute Gasteiger partial charge is 0.319 e. The van der Waals surface area contributed by atoms with Gasteiger partial charge in [-0.05, 0) is 42.7 Å². The fraction of sp³-hybridized carbons (Fsp3) is 0.310. The lowest BCUT2D eigenvalue weighted by molar-refractivity contribution is -0.129. The van der Waals surface area contributed by atoms with E-state index in [1.807, 2.05) is 12.1 Å². The zero-order valence-electron chi connectivity index (χ0n) is 23.5. The number of anilines is 1. The van der Waals surface area contributed by atoms with Crippen LogP contribution in [0.15, 0.2) is 54.9 Å². The van der Waals surface area contributed by atoms with Gasteiger partial charge in [-0.25, -0.2) is 17.6 Å². The number of ether oxygens (including phenoxy) is 2. The van der Waals surface area contributed by atoms with E-state index in [1.54, 1.807) is 30.6 Å². The third-order valence-electron chi connectivity index (χ3n) is 6.45. The Kier molecular flexibility index (Phi) is 9.18. The predicted octanol–water partition coefficient (Wildman–Crippen LogP) is 4.59. The molecule has 2 N–H and O–H groups in total. The Morgan fingerprint density at radius 3 is 2.60 bits per heavy atom. The van der Waals surface area contributed by atoms with Crippen LogP contribution in [0.4, 0.5) is 14.9 Å². The molecule has 1 saturated carbocycles. The molecule has 11 nitrogen and oxygen atoms in total. The summed E-state index contributed by atoms with van der Waals surface area (Å²) >= 11 is 1.38. The van der Waals surface area contributed by atoms with Crippen molar-refractivity contribution >= 4 is 49.0 Å². The highest BCUT2D eigenvalue weighted by Crippen LogP contribution is 2.39. The first-order chi connectivity index (χ1) is 20.6. The quantitative estimate of drug-likeness (QED) is 0.233. The summed E-state index contributed by atoms with van der Waals surface area (Å²) in [5.41, 5.74) is 2.35. The fourth-order valence-electron chi connectivity index (χ4n) is 4.17. The van der Waals surface area contributed by atoms with Crippen LogP contribution >= 0.6 is 11.3 Å². The van der Waals surface area contributed by atoms with Gasteiger partial charge in [-0.15, -0.1) is 11.3 Å². The number of pyridine rings is 2. The number of fused-ring (bicyclic) bond motifs is 1. The number of halogens is 1. The van der Waals surface area contributed by atoms with Gasteiger partial charge in [-0.2, -0.15) is 0 Å².